The van der Waals surface area contributed by atoms with E-state index in [0.717, 1.165) is 28.9 Å². The average molecular weight is 406 g/mol. The Kier molecular flexibility index (Phi) is 3.02. The normalized spacial score (nSPS) is 29.8. The van der Waals surface area contributed by atoms with Gasteiger partial charge in [-0.15, -0.1) is 0 Å². The minimum Gasteiger partial charge on any atom is -0.455 e. The third-order valence-electron chi connectivity index (χ3n) is 9.17. The van der Waals surface area contributed by atoms with Crippen LogP contribution >= 0.6 is 0 Å². The van der Waals surface area contributed by atoms with Crippen LogP contribution < -0.4 is 0 Å². The number of benzene rings is 3. The minimum atomic E-state index is 0.413. The summed E-state index contributed by atoms with van der Waals surface area (Å²) in [5.74, 6) is 2.90. The second-order valence-corrected chi connectivity index (χ2v) is 10.9. The van der Waals surface area contributed by atoms with E-state index < -0.39 is 0 Å². The highest BCUT2D eigenvalue weighted by Crippen LogP contribution is 2.61. The lowest BCUT2D eigenvalue weighted by Gasteiger charge is -2.57. The van der Waals surface area contributed by atoms with E-state index >= 15 is 0 Å². The van der Waals surface area contributed by atoms with Crippen LogP contribution in [0.15, 0.2) is 59.0 Å². The summed E-state index contributed by atoms with van der Waals surface area (Å²) in [6.45, 7) is 0. The summed E-state index contributed by atoms with van der Waals surface area (Å²) in [5.41, 5.74) is 6.59. The Morgan fingerprint density at radius 2 is 1.48 bits per heavy atom. The third kappa shape index (κ3) is 2.09. The molecule has 0 unspecified atom stereocenters. The van der Waals surface area contributed by atoms with Crippen LogP contribution in [0.4, 0.5) is 0 Å². The summed E-state index contributed by atoms with van der Waals surface area (Å²) in [6.07, 6.45) is 8.68. The number of rotatable bonds is 1. The number of para-hydroxylation sites is 1. The van der Waals surface area contributed by atoms with Crippen LogP contribution in [0.25, 0.3) is 43.7 Å². The van der Waals surface area contributed by atoms with Crippen LogP contribution in [-0.2, 0) is 12.5 Å². The summed E-state index contributed by atoms with van der Waals surface area (Å²) in [4.78, 5) is 0. The van der Waals surface area contributed by atoms with E-state index in [1.54, 1.807) is 5.56 Å². The molecule has 0 amide bonds. The quantitative estimate of drug-likeness (QED) is 0.279. The van der Waals surface area contributed by atoms with Gasteiger partial charge in [0.1, 0.15) is 11.2 Å². The third-order valence-corrected chi connectivity index (χ3v) is 9.17. The number of hydrogen-bond donors (Lipinski definition) is 0. The molecule has 4 fully saturated rings. The Morgan fingerprint density at radius 3 is 2.26 bits per heavy atom. The Morgan fingerprint density at radius 1 is 0.774 bits per heavy atom. The van der Waals surface area contributed by atoms with E-state index in [-0.39, 0.29) is 0 Å². The fraction of sp³-hybridized carbons (Fsp3) is 0.379. The summed E-state index contributed by atoms with van der Waals surface area (Å²) in [5, 5.41) is 5.04. The number of furan rings is 1. The van der Waals surface area contributed by atoms with Gasteiger partial charge in [0.2, 0.25) is 0 Å². The van der Waals surface area contributed by atoms with Crippen molar-refractivity contribution in [3.8, 4) is 0 Å². The highest BCUT2D eigenvalue weighted by atomic mass is 16.3. The average Bonchev–Trinajstić information content (AvgIpc) is 3.28. The molecule has 0 atom stereocenters. The van der Waals surface area contributed by atoms with Gasteiger partial charge in [-0.1, -0.05) is 30.3 Å². The highest BCUT2D eigenvalue weighted by Gasteiger charge is 2.51. The lowest BCUT2D eigenvalue weighted by Crippen LogP contribution is -2.48. The molecule has 2 aromatic heterocycles. The maximum absolute atomic E-state index is 6.68. The van der Waals surface area contributed by atoms with Gasteiger partial charge in [0.25, 0.3) is 0 Å². The lowest BCUT2D eigenvalue weighted by molar-refractivity contribution is -0.00515. The van der Waals surface area contributed by atoms with Gasteiger partial charge in [-0.25, -0.2) is 0 Å². The Labute approximate surface area is 181 Å². The summed E-state index contributed by atoms with van der Waals surface area (Å²) in [7, 11) is 2.16. The van der Waals surface area contributed by atoms with Crippen LogP contribution in [0.3, 0.4) is 0 Å². The van der Waals surface area contributed by atoms with Gasteiger partial charge in [-0.3, -0.25) is 0 Å². The van der Waals surface area contributed by atoms with Gasteiger partial charge >= 0.3 is 0 Å². The molecule has 2 heterocycles. The van der Waals surface area contributed by atoms with E-state index in [1.165, 1.54) is 71.1 Å². The molecule has 0 saturated heterocycles. The predicted octanol–water partition coefficient (Wildman–Crippen LogP) is 7.70. The van der Waals surface area contributed by atoms with Crippen molar-refractivity contribution in [3.63, 3.8) is 0 Å². The van der Waals surface area contributed by atoms with Gasteiger partial charge in [0.05, 0.1) is 10.9 Å². The zero-order valence-electron chi connectivity index (χ0n) is 18.0. The van der Waals surface area contributed by atoms with Crippen molar-refractivity contribution in [2.24, 2.45) is 24.8 Å². The van der Waals surface area contributed by atoms with Crippen molar-refractivity contribution in [3.05, 3.63) is 60.2 Å². The fourth-order valence-electron chi connectivity index (χ4n) is 8.27. The first-order valence-electron chi connectivity index (χ1n) is 12.0. The van der Waals surface area contributed by atoms with E-state index in [0.29, 0.717) is 5.41 Å². The van der Waals surface area contributed by atoms with E-state index in [1.807, 2.05) is 0 Å². The largest absolute Gasteiger partial charge is 0.455 e. The Bertz CT molecular complexity index is 1500. The van der Waals surface area contributed by atoms with Crippen LogP contribution in [0, 0.1) is 17.8 Å². The van der Waals surface area contributed by atoms with Gasteiger partial charge in [-0.2, -0.15) is 0 Å². The second kappa shape index (κ2) is 5.54. The van der Waals surface area contributed by atoms with E-state index in [9.17, 15) is 0 Å². The van der Waals surface area contributed by atoms with Crippen LogP contribution in [0.1, 0.15) is 44.1 Å². The number of hydrogen-bond acceptors (Lipinski definition) is 1. The number of aryl methyl sites for hydroxylation is 1. The molecule has 0 N–H and O–H groups in total. The molecule has 154 valence electrons. The molecule has 5 aromatic rings. The molecule has 4 aliphatic rings. The molecule has 4 bridgehead atoms. The molecule has 2 nitrogen and oxygen atoms in total. The van der Waals surface area contributed by atoms with Crippen molar-refractivity contribution in [1.29, 1.82) is 0 Å². The molecule has 0 aliphatic heterocycles. The van der Waals surface area contributed by atoms with Crippen LogP contribution in [-0.4, -0.2) is 4.57 Å². The molecule has 2 heteroatoms. The lowest BCUT2D eigenvalue weighted by atomic mass is 9.48. The fourth-order valence-corrected chi connectivity index (χ4v) is 8.27. The van der Waals surface area contributed by atoms with Crippen molar-refractivity contribution >= 4 is 43.7 Å². The maximum atomic E-state index is 6.68. The monoisotopic (exact) mass is 405 g/mol. The van der Waals surface area contributed by atoms with Crippen LogP contribution in [0.2, 0.25) is 0 Å². The van der Waals surface area contributed by atoms with Gasteiger partial charge in [0, 0.05) is 28.7 Å². The van der Waals surface area contributed by atoms with Crippen molar-refractivity contribution < 1.29 is 4.42 Å². The topological polar surface area (TPSA) is 18.1 Å². The molecule has 4 aliphatic carbocycles. The number of nitrogens with zero attached hydrogens (tertiary/aromatic N) is 1. The first kappa shape index (κ1) is 16.9. The standard InChI is InChI=1S/C29H27NO/c1-30-24-5-3-2-4-23(24)27-25(30)9-8-22-21-7-6-20(13-26(21)31-28(22)27)29-14-17-10-18(15-29)12-19(11-17)16-29/h2-9,13,17-19H,10-12,14-16H2,1H3. The van der Waals surface area contributed by atoms with Crippen molar-refractivity contribution in [2.75, 3.05) is 0 Å². The predicted molar refractivity (Wildman–Crippen MR) is 128 cm³/mol. The molecule has 0 spiro atoms. The highest BCUT2D eigenvalue weighted by molar-refractivity contribution is 6.23. The second-order valence-electron chi connectivity index (χ2n) is 10.9. The summed E-state index contributed by atoms with van der Waals surface area (Å²) in [6, 6.07) is 20.4. The number of aromatic nitrogens is 1. The van der Waals surface area contributed by atoms with Gasteiger partial charge < -0.3 is 8.98 Å². The van der Waals surface area contributed by atoms with Gasteiger partial charge in [-0.05, 0) is 91.5 Å². The zero-order valence-corrected chi connectivity index (χ0v) is 18.0. The van der Waals surface area contributed by atoms with E-state index in [2.05, 4.69) is 66.2 Å². The first-order chi connectivity index (χ1) is 15.2. The molecular formula is C29H27NO. The smallest absolute Gasteiger partial charge is 0.145 e. The van der Waals surface area contributed by atoms with Crippen molar-refractivity contribution in [2.45, 2.75) is 43.9 Å². The summed E-state index contributed by atoms with van der Waals surface area (Å²) >= 11 is 0. The minimum absolute atomic E-state index is 0.413. The molecule has 4 saturated carbocycles. The Hall–Kier alpha value is -2.74. The maximum Gasteiger partial charge on any atom is 0.145 e. The first-order valence-corrected chi connectivity index (χ1v) is 12.0. The van der Waals surface area contributed by atoms with Crippen molar-refractivity contribution in [1.82, 2.24) is 4.57 Å². The SMILES string of the molecule is Cn1c2ccccc2c2c3oc4cc(C56CC7CC(CC(C7)C5)C6)ccc4c3ccc21. The number of fused-ring (bicyclic) bond motifs is 7. The molecule has 3 aromatic carbocycles. The molecular weight excluding hydrogens is 378 g/mol. The van der Waals surface area contributed by atoms with Gasteiger partial charge in [0.15, 0.2) is 0 Å². The Balaban J connectivity index is 1.38. The summed E-state index contributed by atoms with van der Waals surface area (Å²) < 4.78 is 8.97. The zero-order chi connectivity index (χ0) is 20.3. The van der Waals surface area contributed by atoms with Crippen LogP contribution in [0.5, 0.6) is 0 Å². The molecule has 0 radical (unpaired) electrons. The molecule has 9 rings (SSSR count). The molecule has 31 heavy (non-hydrogen) atoms. The van der Waals surface area contributed by atoms with E-state index in [4.69, 9.17) is 4.42 Å².